The summed E-state index contributed by atoms with van der Waals surface area (Å²) in [5.74, 6) is 0.520. The number of imidazole rings is 1. The summed E-state index contributed by atoms with van der Waals surface area (Å²) < 4.78 is 0.696. The molecule has 0 spiro atoms. The van der Waals surface area contributed by atoms with Crippen molar-refractivity contribution >= 4 is 44.2 Å². The quantitative estimate of drug-likeness (QED) is 0.772. The number of fused-ring (bicyclic) bond motifs is 1. The zero-order valence-electron chi connectivity index (χ0n) is 9.68. The van der Waals surface area contributed by atoms with E-state index in [1.165, 1.54) is 11.3 Å². The largest absolute Gasteiger partial charge is 0.343 e. The van der Waals surface area contributed by atoms with Crippen molar-refractivity contribution in [3.8, 4) is 0 Å². The van der Waals surface area contributed by atoms with Crippen LogP contribution in [0.2, 0.25) is 0 Å². The zero-order chi connectivity index (χ0) is 13.2. The third kappa shape index (κ3) is 2.66. The highest BCUT2D eigenvalue weighted by Gasteiger charge is 2.10. The van der Waals surface area contributed by atoms with Gasteiger partial charge in [0.05, 0.1) is 17.6 Å². The number of hydrogen-bond acceptors (Lipinski definition) is 4. The Hall–Kier alpha value is -1.73. The second-order valence-electron chi connectivity index (χ2n) is 3.87. The van der Waals surface area contributed by atoms with Crippen LogP contribution in [0.15, 0.2) is 33.6 Å². The molecule has 19 heavy (non-hydrogen) atoms. The fourth-order valence-corrected chi connectivity index (χ4v) is 2.69. The molecule has 0 aliphatic rings. The number of rotatable bonds is 3. The van der Waals surface area contributed by atoms with E-state index >= 15 is 0 Å². The van der Waals surface area contributed by atoms with E-state index in [9.17, 15) is 4.79 Å². The second-order valence-corrected chi connectivity index (χ2v) is 6.00. The summed E-state index contributed by atoms with van der Waals surface area (Å²) in [6.45, 7) is 0.350. The molecule has 0 atom stereocenters. The van der Waals surface area contributed by atoms with E-state index in [1.807, 2.05) is 24.3 Å². The van der Waals surface area contributed by atoms with E-state index in [1.54, 1.807) is 5.38 Å². The number of carbonyl (C=O) groups excluding carboxylic acids is 1. The van der Waals surface area contributed by atoms with E-state index < -0.39 is 0 Å². The molecule has 1 aromatic carbocycles. The van der Waals surface area contributed by atoms with Crippen molar-refractivity contribution in [1.29, 1.82) is 0 Å². The summed E-state index contributed by atoms with van der Waals surface area (Å²) in [5.41, 5.74) is 2.26. The van der Waals surface area contributed by atoms with Crippen LogP contribution in [0.1, 0.15) is 16.3 Å². The van der Waals surface area contributed by atoms with Gasteiger partial charge in [0.25, 0.3) is 5.91 Å². The molecule has 2 N–H and O–H groups in total. The molecule has 3 aromatic rings. The predicted octanol–water partition coefficient (Wildman–Crippen LogP) is 2.71. The Balaban J connectivity index is 1.70. The zero-order valence-corrected chi connectivity index (χ0v) is 12.1. The maximum absolute atomic E-state index is 11.8. The molecular formula is C12H9BrN4OS. The average molecular weight is 337 g/mol. The molecule has 0 unspecified atom stereocenters. The van der Waals surface area contributed by atoms with E-state index in [2.05, 4.69) is 36.2 Å². The van der Waals surface area contributed by atoms with Gasteiger partial charge in [0.2, 0.25) is 0 Å². The minimum Gasteiger partial charge on any atom is -0.343 e. The minimum atomic E-state index is -0.206. The monoisotopic (exact) mass is 336 g/mol. The maximum Gasteiger partial charge on any atom is 0.271 e. The van der Waals surface area contributed by atoms with Crippen molar-refractivity contribution in [1.82, 2.24) is 20.3 Å². The molecule has 0 fully saturated rings. The molecule has 1 amide bonds. The van der Waals surface area contributed by atoms with E-state index in [-0.39, 0.29) is 5.91 Å². The summed E-state index contributed by atoms with van der Waals surface area (Å²) in [7, 11) is 0. The number of H-pyrrole nitrogens is 1. The van der Waals surface area contributed by atoms with Crippen LogP contribution in [-0.4, -0.2) is 20.9 Å². The van der Waals surface area contributed by atoms with Crippen molar-refractivity contribution in [2.45, 2.75) is 6.54 Å². The fraction of sp³-hybridized carbons (Fsp3) is 0.0833. The lowest BCUT2D eigenvalue weighted by Crippen LogP contribution is -2.23. The first-order chi connectivity index (χ1) is 9.22. The van der Waals surface area contributed by atoms with Gasteiger partial charge in [0.1, 0.15) is 11.5 Å². The number of para-hydroxylation sites is 2. The van der Waals surface area contributed by atoms with Gasteiger partial charge in [0.15, 0.2) is 3.92 Å². The van der Waals surface area contributed by atoms with Crippen LogP contribution < -0.4 is 5.32 Å². The van der Waals surface area contributed by atoms with Gasteiger partial charge in [-0.25, -0.2) is 9.97 Å². The Morgan fingerprint density at radius 1 is 1.37 bits per heavy atom. The van der Waals surface area contributed by atoms with Gasteiger partial charge in [-0.3, -0.25) is 4.79 Å². The smallest absolute Gasteiger partial charge is 0.271 e. The minimum absolute atomic E-state index is 0.206. The fourth-order valence-electron chi connectivity index (χ4n) is 1.70. The number of aromatic amines is 1. The van der Waals surface area contributed by atoms with Crippen LogP contribution in [0, 0.1) is 0 Å². The van der Waals surface area contributed by atoms with Crippen LogP contribution in [0.5, 0.6) is 0 Å². The average Bonchev–Trinajstić information content (AvgIpc) is 3.01. The summed E-state index contributed by atoms with van der Waals surface area (Å²) in [5, 5.41) is 4.49. The Morgan fingerprint density at radius 2 is 2.21 bits per heavy atom. The highest BCUT2D eigenvalue weighted by molar-refractivity contribution is 9.11. The van der Waals surface area contributed by atoms with Crippen molar-refractivity contribution in [2.24, 2.45) is 0 Å². The van der Waals surface area contributed by atoms with Crippen LogP contribution in [0.3, 0.4) is 0 Å². The first-order valence-electron chi connectivity index (χ1n) is 5.55. The van der Waals surface area contributed by atoms with Crippen molar-refractivity contribution in [2.75, 3.05) is 0 Å². The topological polar surface area (TPSA) is 70.7 Å². The predicted molar refractivity (Wildman–Crippen MR) is 77.1 cm³/mol. The number of aromatic nitrogens is 3. The van der Waals surface area contributed by atoms with Gasteiger partial charge in [-0.1, -0.05) is 12.1 Å². The number of benzene rings is 1. The molecule has 0 aliphatic heterocycles. The highest BCUT2D eigenvalue weighted by Crippen LogP contribution is 2.16. The number of amides is 1. The van der Waals surface area contributed by atoms with Gasteiger partial charge < -0.3 is 10.3 Å². The number of hydrogen-bond donors (Lipinski definition) is 2. The molecule has 2 aromatic heterocycles. The lowest BCUT2D eigenvalue weighted by atomic mass is 10.3. The molecule has 3 rings (SSSR count). The van der Waals surface area contributed by atoms with Crippen LogP contribution in [0.4, 0.5) is 0 Å². The molecule has 0 aliphatic carbocycles. The van der Waals surface area contributed by atoms with Gasteiger partial charge >= 0.3 is 0 Å². The Labute approximate surface area is 121 Å². The molecule has 0 bridgehead atoms. The summed E-state index contributed by atoms with van der Waals surface area (Å²) >= 11 is 4.61. The highest BCUT2D eigenvalue weighted by atomic mass is 79.9. The number of nitrogens with zero attached hydrogens (tertiary/aromatic N) is 2. The molecule has 0 saturated carbocycles. The van der Waals surface area contributed by atoms with Gasteiger partial charge in [-0.2, -0.15) is 0 Å². The number of carbonyl (C=O) groups is 1. The molecule has 0 saturated heterocycles. The lowest BCUT2D eigenvalue weighted by molar-refractivity contribution is 0.0945. The van der Waals surface area contributed by atoms with Crippen molar-refractivity contribution < 1.29 is 4.79 Å². The normalized spacial score (nSPS) is 10.8. The maximum atomic E-state index is 11.8. The lowest BCUT2D eigenvalue weighted by Gasteiger charge is -1.99. The first-order valence-corrected chi connectivity index (χ1v) is 7.22. The summed E-state index contributed by atoms with van der Waals surface area (Å²) in [6, 6.07) is 7.74. The Bertz CT molecular complexity index is 703. The molecule has 0 radical (unpaired) electrons. The van der Waals surface area contributed by atoms with Crippen LogP contribution in [0.25, 0.3) is 11.0 Å². The SMILES string of the molecule is O=C(NCc1nc2ccccc2[nH]1)c1csc(Br)n1. The number of thiazole rings is 1. The molecular weight excluding hydrogens is 328 g/mol. The molecule has 2 heterocycles. The van der Waals surface area contributed by atoms with Crippen LogP contribution in [-0.2, 0) is 6.54 Å². The van der Waals surface area contributed by atoms with E-state index in [0.717, 1.165) is 16.9 Å². The molecule has 96 valence electrons. The Kier molecular flexibility index (Phi) is 3.31. The Morgan fingerprint density at radius 3 is 2.95 bits per heavy atom. The number of halogens is 1. The first kappa shape index (κ1) is 12.3. The molecule has 7 heteroatoms. The second kappa shape index (κ2) is 5.10. The standard InChI is InChI=1S/C12H9BrN4OS/c13-12-17-9(6-19-12)11(18)14-5-10-15-7-3-1-2-4-8(7)16-10/h1-4,6H,5H2,(H,14,18)(H,15,16). The summed E-state index contributed by atoms with van der Waals surface area (Å²) in [6.07, 6.45) is 0. The van der Waals surface area contributed by atoms with E-state index in [4.69, 9.17) is 0 Å². The summed E-state index contributed by atoms with van der Waals surface area (Å²) in [4.78, 5) is 23.4. The van der Waals surface area contributed by atoms with Gasteiger partial charge in [0, 0.05) is 5.38 Å². The van der Waals surface area contributed by atoms with Crippen molar-refractivity contribution in [3.63, 3.8) is 0 Å². The van der Waals surface area contributed by atoms with Crippen LogP contribution >= 0.6 is 27.3 Å². The van der Waals surface area contributed by atoms with Gasteiger partial charge in [-0.15, -0.1) is 11.3 Å². The third-order valence-electron chi connectivity index (χ3n) is 2.56. The number of nitrogens with one attached hydrogen (secondary N) is 2. The molecule has 5 nitrogen and oxygen atoms in total. The third-order valence-corrected chi connectivity index (χ3v) is 3.93. The van der Waals surface area contributed by atoms with Crippen molar-refractivity contribution in [3.05, 3.63) is 45.1 Å². The van der Waals surface area contributed by atoms with Gasteiger partial charge in [-0.05, 0) is 28.1 Å². The van der Waals surface area contributed by atoms with E-state index in [0.29, 0.717) is 16.2 Å².